The minimum absolute atomic E-state index is 1.09. The fourth-order valence-corrected chi connectivity index (χ4v) is 4.97. The number of nitrogens with zero attached hydrogens (tertiary/aromatic N) is 1. The van der Waals surface area contributed by atoms with E-state index >= 15 is 0 Å². The number of fused-ring (bicyclic) bond motifs is 2. The average molecular weight is 441 g/mol. The first-order chi connectivity index (χ1) is 10.7. The lowest BCUT2D eigenvalue weighted by Gasteiger charge is -2.33. The molecule has 1 heterocycles. The maximum absolute atomic E-state index is 3.60. The minimum Gasteiger partial charge on any atom is -0.340 e. The Morgan fingerprint density at radius 3 is 2.00 bits per heavy atom. The number of anilines is 2. The first-order valence-corrected chi connectivity index (χ1v) is 10.1. The van der Waals surface area contributed by atoms with Crippen molar-refractivity contribution in [2.45, 2.75) is 42.4 Å². The first-order valence-electron chi connectivity index (χ1n) is 7.73. The summed E-state index contributed by atoms with van der Waals surface area (Å²) < 4.78 is 2.28. The van der Waals surface area contributed by atoms with Crippen LogP contribution in [0, 0.1) is 0 Å². The van der Waals surface area contributed by atoms with E-state index in [-0.39, 0.29) is 0 Å². The van der Waals surface area contributed by atoms with Crippen molar-refractivity contribution in [3.63, 3.8) is 0 Å². The van der Waals surface area contributed by atoms with E-state index in [1.54, 1.807) is 0 Å². The Morgan fingerprint density at radius 1 is 0.864 bits per heavy atom. The van der Waals surface area contributed by atoms with Crippen molar-refractivity contribution in [2.24, 2.45) is 0 Å². The second-order valence-corrected chi connectivity index (χ2v) is 8.45. The van der Waals surface area contributed by atoms with E-state index in [4.69, 9.17) is 0 Å². The van der Waals surface area contributed by atoms with E-state index < -0.39 is 0 Å². The molecule has 3 rings (SSSR count). The van der Waals surface area contributed by atoms with Gasteiger partial charge in [0.15, 0.2) is 0 Å². The molecule has 1 aliphatic rings. The molecule has 0 unspecified atom stereocenters. The monoisotopic (exact) mass is 439 g/mol. The molecule has 2 aromatic carbocycles. The van der Waals surface area contributed by atoms with Gasteiger partial charge in [-0.1, -0.05) is 69.8 Å². The molecule has 0 N–H and O–H groups in total. The molecular weight excluding hydrogens is 422 g/mol. The summed E-state index contributed by atoms with van der Waals surface area (Å²) in [5.74, 6) is 0. The van der Waals surface area contributed by atoms with Crippen LogP contribution in [-0.2, 0) is 0 Å². The van der Waals surface area contributed by atoms with E-state index in [1.807, 2.05) is 11.8 Å². The van der Waals surface area contributed by atoms with Crippen LogP contribution in [0.4, 0.5) is 11.4 Å². The predicted molar refractivity (Wildman–Crippen MR) is 104 cm³/mol. The highest BCUT2D eigenvalue weighted by Crippen LogP contribution is 2.49. The van der Waals surface area contributed by atoms with E-state index in [0.29, 0.717) is 0 Å². The molecule has 0 saturated heterocycles. The molecule has 0 atom stereocenters. The smallest absolute Gasteiger partial charge is 0.0553 e. The van der Waals surface area contributed by atoms with Gasteiger partial charge in [0, 0.05) is 25.3 Å². The average Bonchev–Trinajstić information content (AvgIpc) is 2.50. The van der Waals surface area contributed by atoms with Crippen LogP contribution >= 0.6 is 43.6 Å². The molecule has 0 aliphatic carbocycles. The molecule has 1 aliphatic heterocycles. The van der Waals surface area contributed by atoms with Gasteiger partial charge in [-0.05, 0) is 42.8 Å². The molecule has 0 amide bonds. The highest BCUT2D eigenvalue weighted by molar-refractivity contribution is 9.10. The Morgan fingerprint density at radius 2 is 1.45 bits per heavy atom. The number of unbranched alkanes of at least 4 members (excludes halogenated alkanes) is 3. The number of hydrogen-bond donors (Lipinski definition) is 0. The zero-order chi connectivity index (χ0) is 15.5. The van der Waals surface area contributed by atoms with E-state index in [9.17, 15) is 0 Å². The Hall–Kier alpha value is -0.450. The predicted octanol–water partition coefficient (Wildman–Crippen LogP) is 7.39. The van der Waals surface area contributed by atoms with Gasteiger partial charge in [0.05, 0.1) is 11.4 Å². The van der Waals surface area contributed by atoms with Gasteiger partial charge >= 0.3 is 0 Å². The largest absolute Gasteiger partial charge is 0.340 e. The topological polar surface area (TPSA) is 3.24 Å². The van der Waals surface area contributed by atoms with Crippen molar-refractivity contribution >= 4 is 55.0 Å². The van der Waals surface area contributed by atoms with Crippen LogP contribution in [0.2, 0.25) is 0 Å². The number of halogens is 2. The normalized spacial score (nSPS) is 13.0. The summed E-state index contributed by atoms with van der Waals surface area (Å²) in [6, 6.07) is 13.2. The van der Waals surface area contributed by atoms with Crippen LogP contribution in [-0.4, -0.2) is 6.54 Å². The number of rotatable bonds is 5. The number of hydrogen-bond acceptors (Lipinski definition) is 2. The molecule has 1 nitrogen and oxygen atoms in total. The second kappa shape index (κ2) is 7.41. The molecule has 0 spiro atoms. The van der Waals surface area contributed by atoms with Gasteiger partial charge in [0.2, 0.25) is 0 Å². The van der Waals surface area contributed by atoms with E-state index in [0.717, 1.165) is 15.5 Å². The van der Waals surface area contributed by atoms with Crippen molar-refractivity contribution in [2.75, 3.05) is 11.4 Å². The maximum atomic E-state index is 3.60. The van der Waals surface area contributed by atoms with Crippen LogP contribution in [0.15, 0.2) is 55.1 Å². The Kier molecular flexibility index (Phi) is 5.53. The molecule has 2 aromatic rings. The van der Waals surface area contributed by atoms with E-state index in [1.165, 1.54) is 46.8 Å². The van der Waals surface area contributed by atoms with Gasteiger partial charge in [0.25, 0.3) is 0 Å². The van der Waals surface area contributed by atoms with Crippen LogP contribution < -0.4 is 4.90 Å². The van der Waals surface area contributed by atoms with Gasteiger partial charge in [0.1, 0.15) is 0 Å². The summed E-state index contributed by atoms with van der Waals surface area (Å²) in [6.07, 6.45) is 5.15. The summed E-state index contributed by atoms with van der Waals surface area (Å²) in [5.41, 5.74) is 2.67. The van der Waals surface area contributed by atoms with Crippen LogP contribution in [0.3, 0.4) is 0 Å². The molecule has 0 saturated carbocycles. The van der Waals surface area contributed by atoms with Crippen molar-refractivity contribution in [1.29, 1.82) is 0 Å². The molecular formula is C18H19Br2NS. The van der Waals surface area contributed by atoms with Gasteiger partial charge in [-0.2, -0.15) is 0 Å². The maximum Gasteiger partial charge on any atom is 0.0553 e. The second-order valence-electron chi connectivity index (χ2n) is 5.54. The lowest BCUT2D eigenvalue weighted by Crippen LogP contribution is -2.22. The third kappa shape index (κ3) is 3.55. The zero-order valence-corrected chi connectivity index (χ0v) is 16.6. The summed E-state index contributed by atoms with van der Waals surface area (Å²) >= 11 is 9.05. The Labute approximate surface area is 153 Å². The highest BCUT2D eigenvalue weighted by Gasteiger charge is 2.23. The summed E-state index contributed by atoms with van der Waals surface area (Å²) in [4.78, 5) is 5.14. The summed E-state index contributed by atoms with van der Waals surface area (Å²) in [7, 11) is 0. The Bertz CT molecular complexity index is 621. The third-order valence-electron chi connectivity index (χ3n) is 3.88. The highest BCUT2D eigenvalue weighted by atomic mass is 79.9. The summed E-state index contributed by atoms with van der Waals surface area (Å²) in [6.45, 7) is 3.35. The quantitative estimate of drug-likeness (QED) is 0.445. The molecule has 0 fully saturated rings. The van der Waals surface area contributed by atoms with Crippen LogP contribution in [0.1, 0.15) is 32.6 Å². The number of benzene rings is 2. The third-order valence-corrected chi connectivity index (χ3v) is 5.96. The van der Waals surface area contributed by atoms with Crippen molar-refractivity contribution < 1.29 is 0 Å². The van der Waals surface area contributed by atoms with Crippen molar-refractivity contribution in [1.82, 2.24) is 0 Å². The molecule has 0 radical (unpaired) electrons. The van der Waals surface area contributed by atoms with Crippen molar-refractivity contribution in [3.05, 3.63) is 45.3 Å². The van der Waals surface area contributed by atoms with Gasteiger partial charge < -0.3 is 4.90 Å². The van der Waals surface area contributed by atoms with Gasteiger partial charge in [-0.3, -0.25) is 0 Å². The zero-order valence-electron chi connectivity index (χ0n) is 12.6. The fourth-order valence-electron chi connectivity index (χ4n) is 2.77. The SMILES string of the molecule is CCCCCCN1c2ccc(Br)cc2Sc2cc(Br)ccc21. The molecule has 22 heavy (non-hydrogen) atoms. The minimum atomic E-state index is 1.09. The fraction of sp³-hybridized carbons (Fsp3) is 0.333. The molecule has 116 valence electrons. The molecule has 0 aromatic heterocycles. The first kappa shape index (κ1) is 16.4. The van der Waals surface area contributed by atoms with Gasteiger partial charge in [-0.25, -0.2) is 0 Å². The van der Waals surface area contributed by atoms with Crippen LogP contribution in [0.5, 0.6) is 0 Å². The van der Waals surface area contributed by atoms with Crippen molar-refractivity contribution in [3.8, 4) is 0 Å². The molecule has 0 bridgehead atoms. The lowest BCUT2D eigenvalue weighted by molar-refractivity contribution is 0.665. The van der Waals surface area contributed by atoms with Gasteiger partial charge in [-0.15, -0.1) is 0 Å². The lowest BCUT2D eigenvalue weighted by atomic mass is 10.1. The summed E-state index contributed by atoms with van der Waals surface area (Å²) in [5, 5.41) is 0. The Balaban J connectivity index is 1.93. The molecule has 4 heteroatoms. The standard InChI is InChI=1S/C18H19Br2NS/c1-2-3-4-5-10-21-15-8-6-13(19)11-17(15)22-18-12-14(20)7-9-16(18)21/h6-9,11-12H,2-5,10H2,1H3. The van der Waals surface area contributed by atoms with E-state index in [2.05, 4.69) is 80.1 Å². The van der Waals surface area contributed by atoms with Crippen LogP contribution in [0.25, 0.3) is 0 Å².